The lowest BCUT2D eigenvalue weighted by Crippen LogP contribution is -2.47. The number of nitrogens with zero attached hydrogens (tertiary/aromatic N) is 2. The standard InChI is InChI=1S/C27H32F4N4O3/c1-16(2)10-11-26(18-6-4-3-5-7-18)24(38)35(25(32)33-26)13-17-8-9-20(27(29,30)31)19(12-17)23(37)34-14-21(28)22(36)15-34/h3-9,12,16,21-22,25,33,36H,10-11,13-15,32H2,1-2H3. The molecule has 2 aromatic carbocycles. The molecular formula is C27H32F4N4O3. The maximum atomic E-state index is 13.8. The Labute approximate surface area is 218 Å². The number of benzene rings is 2. The van der Waals surface area contributed by atoms with Gasteiger partial charge in [0.05, 0.1) is 17.7 Å². The fraction of sp³-hybridized carbons (Fsp3) is 0.481. The number of nitrogens with one attached hydrogen (secondary N) is 1. The van der Waals surface area contributed by atoms with E-state index in [9.17, 15) is 32.3 Å². The van der Waals surface area contributed by atoms with Gasteiger partial charge in [-0.25, -0.2) is 4.39 Å². The zero-order valence-corrected chi connectivity index (χ0v) is 21.2. The van der Waals surface area contributed by atoms with E-state index in [0.717, 1.165) is 29.0 Å². The molecule has 0 radical (unpaired) electrons. The summed E-state index contributed by atoms with van der Waals surface area (Å²) in [5.74, 6) is -1.04. The van der Waals surface area contributed by atoms with Crippen molar-refractivity contribution in [3.8, 4) is 0 Å². The fourth-order valence-electron chi connectivity index (χ4n) is 5.09. The normalized spacial score (nSPS) is 26.0. The van der Waals surface area contributed by atoms with Crippen molar-refractivity contribution in [2.24, 2.45) is 11.7 Å². The SMILES string of the molecule is CC(C)CCC1(c2ccccc2)NC(N)N(Cc2ccc(C(F)(F)F)c(C(=O)N3CC(O)C(F)C3)c2)C1=O. The van der Waals surface area contributed by atoms with Gasteiger partial charge in [0, 0.05) is 13.1 Å². The van der Waals surface area contributed by atoms with Crippen LogP contribution in [0, 0.1) is 5.92 Å². The van der Waals surface area contributed by atoms with Crippen molar-refractivity contribution < 1.29 is 32.3 Å². The number of carbonyl (C=O) groups excluding carboxylic acids is 2. The molecule has 4 rings (SSSR count). The first-order chi connectivity index (χ1) is 17.8. The lowest BCUT2D eigenvalue weighted by atomic mass is 9.83. The largest absolute Gasteiger partial charge is 0.417 e. The summed E-state index contributed by atoms with van der Waals surface area (Å²) in [4.78, 5) is 29.0. The molecule has 2 saturated heterocycles. The van der Waals surface area contributed by atoms with Crippen LogP contribution in [-0.4, -0.2) is 58.4 Å². The molecule has 2 aliphatic heterocycles. The Morgan fingerprint density at radius 2 is 1.87 bits per heavy atom. The van der Waals surface area contributed by atoms with E-state index in [-0.39, 0.29) is 18.0 Å². The molecule has 2 aliphatic rings. The minimum absolute atomic E-state index is 0.143. The van der Waals surface area contributed by atoms with Crippen LogP contribution in [0.15, 0.2) is 48.5 Å². The molecule has 2 amide bonds. The highest BCUT2D eigenvalue weighted by Crippen LogP contribution is 2.37. The van der Waals surface area contributed by atoms with Crippen LogP contribution < -0.4 is 11.1 Å². The van der Waals surface area contributed by atoms with Crippen LogP contribution in [0.5, 0.6) is 0 Å². The Balaban J connectivity index is 1.66. The van der Waals surface area contributed by atoms with Crippen LogP contribution >= 0.6 is 0 Å². The molecule has 11 heteroatoms. The maximum absolute atomic E-state index is 13.8. The molecule has 7 nitrogen and oxygen atoms in total. The lowest BCUT2D eigenvalue weighted by Gasteiger charge is -2.29. The summed E-state index contributed by atoms with van der Waals surface area (Å²) in [6.07, 6.45) is -7.75. The number of alkyl halides is 4. The third kappa shape index (κ3) is 5.41. The van der Waals surface area contributed by atoms with E-state index < -0.39 is 60.4 Å². The zero-order valence-electron chi connectivity index (χ0n) is 21.2. The molecule has 0 spiro atoms. The van der Waals surface area contributed by atoms with Gasteiger partial charge < -0.3 is 14.9 Å². The zero-order chi connectivity index (χ0) is 27.8. The first-order valence-corrected chi connectivity index (χ1v) is 12.5. The molecule has 2 heterocycles. The van der Waals surface area contributed by atoms with Crippen molar-refractivity contribution in [1.82, 2.24) is 15.1 Å². The Bertz CT molecular complexity index is 1170. The molecule has 4 atom stereocenters. The third-order valence-corrected chi connectivity index (χ3v) is 7.20. The van der Waals surface area contributed by atoms with E-state index in [1.54, 1.807) is 0 Å². The van der Waals surface area contributed by atoms with E-state index in [1.807, 2.05) is 44.2 Å². The average Bonchev–Trinajstić information content (AvgIpc) is 3.33. The predicted molar refractivity (Wildman–Crippen MR) is 132 cm³/mol. The summed E-state index contributed by atoms with van der Waals surface area (Å²) in [6, 6.07) is 12.2. The Hall–Kier alpha value is -3.02. The maximum Gasteiger partial charge on any atom is 0.417 e. The van der Waals surface area contributed by atoms with Gasteiger partial charge in [0.25, 0.3) is 5.91 Å². The quantitative estimate of drug-likeness (QED) is 0.472. The third-order valence-electron chi connectivity index (χ3n) is 7.20. The van der Waals surface area contributed by atoms with Gasteiger partial charge in [-0.2, -0.15) is 13.2 Å². The number of aliphatic hydroxyl groups is 1. The minimum Gasteiger partial charge on any atom is -0.388 e. The second-order valence-corrected chi connectivity index (χ2v) is 10.4. The van der Waals surface area contributed by atoms with Crippen LogP contribution in [0.3, 0.4) is 0 Å². The number of nitrogens with two attached hydrogens (primary N) is 1. The molecule has 0 aromatic heterocycles. The molecule has 0 bridgehead atoms. The summed E-state index contributed by atoms with van der Waals surface area (Å²) in [6.45, 7) is 3.03. The van der Waals surface area contributed by atoms with Crippen molar-refractivity contribution in [2.75, 3.05) is 13.1 Å². The van der Waals surface area contributed by atoms with Crippen molar-refractivity contribution in [3.63, 3.8) is 0 Å². The number of hydrogen-bond acceptors (Lipinski definition) is 5. The number of rotatable bonds is 7. The Morgan fingerprint density at radius 3 is 2.45 bits per heavy atom. The molecular weight excluding hydrogens is 504 g/mol. The van der Waals surface area contributed by atoms with E-state index in [0.29, 0.717) is 12.3 Å². The van der Waals surface area contributed by atoms with Gasteiger partial charge in [0.1, 0.15) is 24.1 Å². The van der Waals surface area contributed by atoms with Gasteiger partial charge in [0.15, 0.2) is 0 Å². The molecule has 38 heavy (non-hydrogen) atoms. The highest BCUT2D eigenvalue weighted by molar-refractivity contribution is 5.96. The first kappa shape index (κ1) is 28.0. The van der Waals surface area contributed by atoms with E-state index in [1.165, 1.54) is 11.0 Å². The van der Waals surface area contributed by atoms with Crippen LogP contribution in [0.4, 0.5) is 17.6 Å². The van der Waals surface area contributed by atoms with Gasteiger partial charge in [-0.15, -0.1) is 0 Å². The highest BCUT2D eigenvalue weighted by atomic mass is 19.4. The smallest absolute Gasteiger partial charge is 0.388 e. The lowest BCUT2D eigenvalue weighted by molar-refractivity contribution is -0.138. The summed E-state index contributed by atoms with van der Waals surface area (Å²) < 4.78 is 55.1. The predicted octanol–water partition coefficient (Wildman–Crippen LogP) is 3.37. The van der Waals surface area contributed by atoms with Crippen molar-refractivity contribution in [3.05, 3.63) is 70.8 Å². The molecule has 0 saturated carbocycles. The number of aliphatic hydroxyl groups excluding tert-OH is 1. The first-order valence-electron chi connectivity index (χ1n) is 12.5. The summed E-state index contributed by atoms with van der Waals surface area (Å²) in [7, 11) is 0. The highest BCUT2D eigenvalue weighted by Gasteiger charge is 2.51. The van der Waals surface area contributed by atoms with Crippen LogP contribution in [0.2, 0.25) is 0 Å². The van der Waals surface area contributed by atoms with Crippen molar-refractivity contribution >= 4 is 11.8 Å². The van der Waals surface area contributed by atoms with E-state index >= 15 is 0 Å². The Kier molecular flexibility index (Phi) is 7.83. The number of carbonyl (C=O) groups is 2. The molecule has 4 N–H and O–H groups in total. The summed E-state index contributed by atoms with van der Waals surface area (Å²) >= 11 is 0. The number of hydrogen-bond donors (Lipinski definition) is 3. The van der Waals surface area contributed by atoms with Gasteiger partial charge in [-0.3, -0.25) is 20.6 Å². The minimum atomic E-state index is -4.84. The molecule has 206 valence electrons. The monoisotopic (exact) mass is 536 g/mol. The fourth-order valence-corrected chi connectivity index (χ4v) is 5.09. The molecule has 0 aliphatic carbocycles. The topological polar surface area (TPSA) is 98.9 Å². The van der Waals surface area contributed by atoms with E-state index in [4.69, 9.17) is 5.73 Å². The second kappa shape index (κ2) is 10.6. The number of amides is 2. The van der Waals surface area contributed by atoms with Crippen LogP contribution in [0.1, 0.15) is 53.7 Å². The van der Waals surface area contributed by atoms with Gasteiger partial charge >= 0.3 is 6.18 Å². The summed E-state index contributed by atoms with van der Waals surface area (Å²) in [5, 5.41) is 12.9. The van der Waals surface area contributed by atoms with Gasteiger partial charge in [-0.1, -0.05) is 50.2 Å². The summed E-state index contributed by atoms with van der Waals surface area (Å²) in [5.41, 5.74) is 4.39. The number of likely N-dealkylation sites (tertiary alicyclic amines) is 1. The average molecular weight is 537 g/mol. The number of β-amino-alcohol motifs (C(OH)–C–C–N with tert-alkyl or cyclic N) is 1. The van der Waals surface area contributed by atoms with Gasteiger partial charge in [0.2, 0.25) is 5.91 Å². The second-order valence-electron chi connectivity index (χ2n) is 10.4. The molecule has 2 fully saturated rings. The van der Waals surface area contributed by atoms with Crippen molar-refractivity contribution in [1.29, 1.82) is 0 Å². The number of halogens is 4. The van der Waals surface area contributed by atoms with E-state index in [2.05, 4.69) is 5.32 Å². The van der Waals surface area contributed by atoms with Crippen molar-refractivity contribution in [2.45, 2.75) is 63.5 Å². The van der Waals surface area contributed by atoms with Crippen LogP contribution in [-0.2, 0) is 23.1 Å². The molecule has 2 aromatic rings. The van der Waals surface area contributed by atoms with Crippen LogP contribution in [0.25, 0.3) is 0 Å². The Morgan fingerprint density at radius 1 is 1.18 bits per heavy atom. The van der Waals surface area contributed by atoms with Gasteiger partial charge in [-0.05, 0) is 42.0 Å². The molecule has 4 unspecified atom stereocenters.